The average Bonchev–Trinajstić information content (AvgIpc) is 1.91. The molecule has 0 N–H and O–H groups in total. The summed E-state index contributed by atoms with van der Waals surface area (Å²) in [5.74, 6) is 2.17. The van der Waals surface area contributed by atoms with Crippen LogP contribution in [0, 0.1) is 13.8 Å². The summed E-state index contributed by atoms with van der Waals surface area (Å²) >= 11 is 0. The Hall–Kier alpha value is 0.650. The normalized spacial score (nSPS) is 9.25. The Balaban J connectivity index is -0.000000163. The zero-order chi connectivity index (χ0) is 5.28. The molecule has 0 aliphatic carbocycles. The molecule has 0 aliphatic heterocycles. The van der Waals surface area contributed by atoms with Gasteiger partial charge in [-0.1, -0.05) is 13.8 Å². The predicted octanol–water partition coefficient (Wildman–Crippen LogP) is 2.82. The Morgan fingerprint density at radius 1 is 1.75 bits per heavy atom. The monoisotopic (exact) mass is 158 g/mol. The molecular formula is C6H10PSc. The van der Waals surface area contributed by atoms with Crippen molar-refractivity contribution in [2.75, 3.05) is 0 Å². The standard InChI is InChI=1S/C6H8P.Sc.2H/c1-5-3-4-7-6(5)2;;;/h3-4H,1-2H3;;;/q-1;+3;2*-1. The van der Waals surface area contributed by atoms with Crippen molar-refractivity contribution in [2.24, 2.45) is 0 Å². The number of aryl methyl sites for hydroxylation is 2. The van der Waals surface area contributed by atoms with E-state index >= 15 is 0 Å². The smallest absolute Gasteiger partial charge is 1.00 e. The molecule has 42 valence electrons. The molecular weight excluding hydrogens is 148 g/mol. The van der Waals surface area contributed by atoms with Gasteiger partial charge in [0.1, 0.15) is 0 Å². The summed E-state index contributed by atoms with van der Waals surface area (Å²) in [4.78, 5) is 0. The molecule has 0 saturated carbocycles. The minimum Gasteiger partial charge on any atom is -1.00 e. The Morgan fingerprint density at radius 2 is 2.38 bits per heavy atom. The molecule has 0 spiro atoms. The molecule has 1 heterocycles. The van der Waals surface area contributed by atoms with E-state index in [1.165, 1.54) is 19.1 Å². The molecule has 0 bridgehead atoms. The van der Waals surface area contributed by atoms with Crippen LogP contribution in [0.5, 0.6) is 0 Å². The van der Waals surface area contributed by atoms with Gasteiger partial charge in [-0.15, -0.1) is 5.30 Å². The molecule has 0 atom stereocenters. The Morgan fingerprint density at radius 3 is 2.50 bits per heavy atom. The average molecular weight is 158 g/mol. The van der Waals surface area contributed by atoms with Gasteiger partial charge >= 0.3 is 25.8 Å². The third-order valence-electron chi connectivity index (χ3n) is 1.16. The molecule has 1 aromatic rings. The summed E-state index contributed by atoms with van der Waals surface area (Å²) in [5, 5.41) is 1.49. The van der Waals surface area contributed by atoms with Gasteiger partial charge in [0.25, 0.3) is 0 Å². The Bertz CT molecular complexity index is 148. The number of rotatable bonds is 0. The molecule has 0 unspecified atom stereocenters. The third-order valence-corrected chi connectivity index (χ3v) is 2.20. The molecule has 2 heteroatoms. The van der Waals surface area contributed by atoms with Gasteiger partial charge in [0, 0.05) is 0 Å². The summed E-state index contributed by atoms with van der Waals surface area (Å²) in [5.41, 5.74) is 1.43. The fourth-order valence-corrected chi connectivity index (χ4v) is 1.28. The van der Waals surface area contributed by atoms with E-state index < -0.39 is 0 Å². The van der Waals surface area contributed by atoms with Crippen molar-refractivity contribution in [1.82, 2.24) is 0 Å². The first-order valence-electron chi connectivity index (χ1n) is 2.35. The van der Waals surface area contributed by atoms with Crippen LogP contribution >= 0.6 is 8.19 Å². The van der Waals surface area contributed by atoms with E-state index in [0.717, 1.165) is 0 Å². The molecule has 0 aliphatic rings. The molecule has 0 radical (unpaired) electrons. The van der Waals surface area contributed by atoms with Crippen molar-refractivity contribution < 1.29 is 28.7 Å². The molecule has 8 heavy (non-hydrogen) atoms. The van der Waals surface area contributed by atoms with Gasteiger partial charge in [0.05, 0.1) is 0 Å². The van der Waals surface area contributed by atoms with Crippen LogP contribution in [0.2, 0.25) is 0 Å². The fourth-order valence-electron chi connectivity index (χ4n) is 0.483. The fraction of sp³-hybridized carbons (Fsp3) is 0.333. The van der Waals surface area contributed by atoms with Crippen LogP contribution in [0.1, 0.15) is 13.7 Å². The van der Waals surface area contributed by atoms with Crippen LogP contribution in [0.25, 0.3) is 0 Å². The largest absolute Gasteiger partial charge is 3.00 e. The van der Waals surface area contributed by atoms with Crippen molar-refractivity contribution in [1.29, 1.82) is 0 Å². The van der Waals surface area contributed by atoms with Gasteiger partial charge < -0.3 is 2.85 Å². The SMILES string of the molecule is Cc1ccp[c-]1C.[H-].[H-].[Sc+3]. The van der Waals surface area contributed by atoms with Crippen LogP contribution in [0.4, 0.5) is 0 Å². The second kappa shape index (κ2) is 3.63. The van der Waals surface area contributed by atoms with E-state index in [1.807, 2.05) is 0 Å². The number of hydrogen-bond acceptors (Lipinski definition) is 0. The van der Waals surface area contributed by atoms with Gasteiger partial charge in [-0.2, -0.15) is 11.4 Å². The van der Waals surface area contributed by atoms with Gasteiger partial charge in [-0.05, 0) is 0 Å². The summed E-state index contributed by atoms with van der Waals surface area (Å²) in [7, 11) is 1.38. The van der Waals surface area contributed by atoms with E-state index in [2.05, 4.69) is 25.7 Å². The van der Waals surface area contributed by atoms with E-state index in [4.69, 9.17) is 0 Å². The zero-order valence-corrected chi connectivity index (χ0v) is 7.88. The van der Waals surface area contributed by atoms with Gasteiger partial charge in [0.2, 0.25) is 0 Å². The van der Waals surface area contributed by atoms with Crippen LogP contribution < -0.4 is 0 Å². The molecule has 0 saturated heterocycles. The maximum Gasteiger partial charge on any atom is 3.00 e. The minimum absolute atomic E-state index is 0. The maximum absolute atomic E-state index is 2.17. The number of hydrogen-bond donors (Lipinski definition) is 0. The predicted molar refractivity (Wildman–Crippen MR) is 36.2 cm³/mol. The summed E-state index contributed by atoms with van der Waals surface area (Å²) in [6.07, 6.45) is 0. The minimum atomic E-state index is 0. The molecule has 0 amide bonds. The van der Waals surface area contributed by atoms with Crippen molar-refractivity contribution >= 4 is 8.19 Å². The molecule has 1 aromatic heterocycles. The van der Waals surface area contributed by atoms with Crippen LogP contribution in [0.15, 0.2) is 11.9 Å². The second-order valence-corrected chi connectivity index (χ2v) is 2.94. The topological polar surface area (TPSA) is 0 Å². The molecule has 0 aromatic carbocycles. The quantitative estimate of drug-likeness (QED) is 0.509. The molecule has 1 rings (SSSR count). The van der Waals surface area contributed by atoms with E-state index in [9.17, 15) is 0 Å². The van der Waals surface area contributed by atoms with Gasteiger partial charge in [-0.25, -0.2) is 14.3 Å². The van der Waals surface area contributed by atoms with Crippen LogP contribution in [-0.2, 0) is 25.8 Å². The van der Waals surface area contributed by atoms with Crippen molar-refractivity contribution in [3.63, 3.8) is 0 Å². The molecule has 0 fully saturated rings. The molecule has 0 nitrogen and oxygen atoms in total. The van der Waals surface area contributed by atoms with Crippen LogP contribution in [0.3, 0.4) is 0 Å². The first-order chi connectivity index (χ1) is 3.30. The van der Waals surface area contributed by atoms with Gasteiger partial charge in [-0.3, -0.25) is 0 Å². The second-order valence-electron chi connectivity index (χ2n) is 1.71. The van der Waals surface area contributed by atoms with Gasteiger partial charge in [0.15, 0.2) is 0 Å². The van der Waals surface area contributed by atoms with Crippen molar-refractivity contribution in [2.45, 2.75) is 13.8 Å². The van der Waals surface area contributed by atoms with E-state index in [0.29, 0.717) is 0 Å². The summed E-state index contributed by atoms with van der Waals surface area (Å²) in [6, 6.07) is 2.16. The summed E-state index contributed by atoms with van der Waals surface area (Å²) < 4.78 is 0. The first kappa shape index (κ1) is 8.65. The van der Waals surface area contributed by atoms with E-state index in [-0.39, 0.29) is 28.7 Å². The summed E-state index contributed by atoms with van der Waals surface area (Å²) in [6.45, 7) is 4.31. The maximum atomic E-state index is 2.17. The van der Waals surface area contributed by atoms with Crippen molar-refractivity contribution in [3.05, 3.63) is 22.7 Å². The van der Waals surface area contributed by atoms with E-state index in [1.54, 1.807) is 0 Å². The zero-order valence-electron chi connectivity index (χ0n) is 7.18. The van der Waals surface area contributed by atoms with Crippen molar-refractivity contribution in [3.8, 4) is 0 Å². The third kappa shape index (κ3) is 1.87. The first-order valence-corrected chi connectivity index (χ1v) is 3.32. The Labute approximate surface area is 73.5 Å². The van der Waals surface area contributed by atoms with Crippen LogP contribution in [-0.4, -0.2) is 0 Å². The Kier molecular flexibility index (Phi) is 3.93.